The van der Waals surface area contributed by atoms with Crippen molar-refractivity contribution in [3.63, 3.8) is 0 Å². The molecule has 1 unspecified atom stereocenters. The van der Waals surface area contributed by atoms with Crippen LogP contribution in [0.1, 0.15) is 44.6 Å². The zero-order valence-electron chi connectivity index (χ0n) is 10.5. The Morgan fingerprint density at radius 1 is 1.18 bits per heavy atom. The van der Waals surface area contributed by atoms with Gasteiger partial charge in [-0.25, -0.2) is 0 Å². The average molecular weight is 229 g/mol. The highest BCUT2D eigenvalue weighted by Gasteiger charge is 2.25. The predicted octanol–water partition coefficient (Wildman–Crippen LogP) is 3.37. The van der Waals surface area contributed by atoms with Gasteiger partial charge in [0.15, 0.2) is 0 Å². The van der Waals surface area contributed by atoms with Crippen molar-refractivity contribution in [3.8, 4) is 0 Å². The van der Waals surface area contributed by atoms with Crippen LogP contribution in [0.2, 0.25) is 0 Å². The molecule has 1 atom stereocenters. The zero-order valence-corrected chi connectivity index (χ0v) is 10.5. The Kier molecular flexibility index (Phi) is 3.72. The fraction of sp³-hybridized carbons (Fsp3) is 0.467. The van der Waals surface area contributed by atoms with Gasteiger partial charge in [0.2, 0.25) is 0 Å². The molecule has 90 valence electrons. The molecule has 1 aliphatic carbocycles. The van der Waals surface area contributed by atoms with Gasteiger partial charge in [-0.15, -0.1) is 0 Å². The second-order valence-corrected chi connectivity index (χ2v) is 5.02. The Balaban J connectivity index is 2.17. The predicted molar refractivity (Wildman–Crippen MR) is 70.6 cm³/mol. The van der Waals surface area contributed by atoms with E-state index < -0.39 is 0 Å². The monoisotopic (exact) mass is 229 g/mol. The van der Waals surface area contributed by atoms with Crippen LogP contribution in [0, 0.1) is 0 Å². The Morgan fingerprint density at radius 2 is 1.88 bits per heavy atom. The molecular weight excluding hydrogens is 210 g/mol. The molecule has 2 heteroatoms. The van der Waals surface area contributed by atoms with Crippen LogP contribution in [0.15, 0.2) is 35.3 Å². The Labute approximate surface area is 103 Å². The lowest BCUT2D eigenvalue weighted by Gasteiger charge is -2.23. The number of carbonyl (C=O) groups excluding carboxylic acids is 1. The SMILES string of the molecule is CC(C)N=C1CC(=O)CC(c2ccccc2)C1. The van der Waals surface area contributed by atoms with E-state index in [-0.39, 0.29) is 6.04 Å². The van der Waals surface area contributed by atoms with Crippen molar-refractivity contribution in [1.29, 1.82) is 0 Å². The molecule has 0 radical (unpaired) electrons. The summed E-state index contributed by atoms with van der Waals surface area (Å²) < 4.78 is 0. The molecule has 1 aromatic rings. The molecule has 2 nitrogen and oxygen atoms in total. The first-order valence-corrected chi connectivity index (χ1v) is 6.27. The van der Waals surface area contributed by atoms with Crippen LogP contribution in [0.5, 0.6) is 0 Å². The van der Waals surface area contributed by atoms with Gasteiger partial charge in [0.05, 0.1) is 0 Å². The number of aliphatic imine (C=N–C) groups is 1. The maximum atomic E-state index is 11.8. The molecule has 1 fully saturated rings. The fourth-order valence-electron chi connectivity index (χ4n) is 2.43. The van der Waals surface area contributed by atoms with Gasteiger partial charge >= 0.3 is 0 Å². The van der Waals surface area contributed by atoms with Crippen LogP contribution in [0.25, 0.3) is 0 Å². The highest BCUT2D eigenvalue weighted by atomic mass is 16.1. The molecule has 0 spiro atoms. The smallest absolute Gasteiger partial charge is 0.139 e. The van der Waals surface area contributed by atoms with Crippen molar-refractivity contribution in [2.75, 3.05) is 0 Å². The van der Waals surface area contributed by atoms with Crippen molar-refractivity contribution in [2.45, 2.75) is 45.1 Å². The van der Waals surface area contributed by atoms with Gasteiger partial charge in [0.25, 0.3) is 0 Å². The summed E-state index contributed by atoms with van der Waals surface area (Å²) in [5, 5.41) is 0. The number of carbonyl (C=O) groups is 1. The maximum absolute atomic E-state index is 11.8. The average Bonchev–Trinajstić information content (AvgIpc) is 2.28. The van der Waals surface area contributed by atoms with Crippen LogP contribution in [-0.4, -0.2) is 17.5 Å². The molecule has 0 saturated heterocycles. The van der Waals surface area contributed by atoms with Crippen LogP contribution in [0.4, 0.5) is 0 Å². The molecule has 0 aromatic heterocycles. The third-order valence-electron chi connectivity index (χ3n) is 3.07. The summed E-state index contributed by atoms with van der Waals surface area (Å²) in [5.41, 5.74) is 2.34. The third kappa shape index (κ3) is 3.26. The van der Waals surface area contributed by atoms with Crippen molar-refractivity contribution in [2.24, 2.45) is 4.99 Å². The summed E-state index contributed by atoms with van der Waals surface area (Å²) in [5.74, 6) is 0.652. The minimum atomic E-state index is 0.285. The number of Topliss-reactive ketones (excluding diaryl/α,β-unsaturated/α-hetero) is 1. The molecule has 0 aliphatic heterocycles. The largest absolute Gasteiger partial charge is 0.299 e. The van der Waals surface area contributed by atoms with Gasteiger partial charge in [-0.05, 0) is 31.7 Å². The molecular formula is C15H19NO. The highest BCUT2D eigenvalue weighted by molar-refractivity contribution is 6.05. The Hall–Kier alpha value is -1.44. The molecule has 1 aromatic carbocycles. The van der Waals surface area contributed by atoms with E-state index in [4.69, 9.17) is 0 Å². The number of benzene rings is 1. The van der Waals surface area contributed by atoms with Gasteiger partial charge in [-0.3, -0.25) is 9.79 Å². The van der Waals surface area contributed by atoms with E-state index in [1.54, 1.807) is 0 Å². The van der Waals surface area contributed by atoms with E-state index in [0.29, 0.717) is 24.5 Å². The summed E-state index contributed by atoms with van der Waals surface area (Å²) in [4.78, 5) is 16.3. The molecule has 0 bridgehead atoms. The van der Waals surface area contributed by atoms with E-state index in [0.717, 1.165) is 12.1 Å². The lowest BCUT2D eigenvalue weighted by molar-refractivity contribution is -0.118. The minimum absolute atomic E-state index is 0.285. The number of hydrogen-bond donors (Lipinski definition) is 0. The lowest BCUT2D eigenvalue weighted by atomic mass is 9.82. The molecule has 17 heavy (non-hydrogen) atoms. The summed E-state index contributed by atoms with van der Waals surface area (Å²) in [7, 11) is 0. The quantitative estimate of drug-likeness (QED) is 0.764. The van der Waals surface area contributed by atoms with E-state index in [1.165, 1.54) is 5.56 Å². The summed E-state index contributed by atoms with van der Waals surface area (Å²) in [6.45, 7) is 4.12. The normalized spacial score (nSPS) is 23.4. The molecule has 1 saturated carbocycles. The number of rotatable bonds is 2. The summed E-state index contributed by atoms with van der Waals surface area (Å²) >= 11 is 0. The number of hydrogen-bond acceptors (Lipinski definition) is 2. The Morgan fingerprint density at radius 3 is 2.53 bits per heavy atom. The second-order valence-electron chi connectivity index (χ2n) is 5.02. The van der Waals surface area contributed by atoms with Crippen LogP contribution < -0.4 is 0 Å². The summed E-state index contributed by atoms with van der Waals surface area (Å²) in [6, 6.07) is 10.6. The first-order valence-electron chi connectivity index (χ1n) is 6.27. The molecule has 0 heterocycles. The standard InChI is InChI=1S/C15H19NO/c1-11(2)16-14-8-13(9-15(17)10-14)12-6-4-3-5-7-12/h3-7,11,13H,8-10H2,1-2H3. The van der Waals surface area contributed by atoms with Gasteiger partial charge in [-0.2, -0.15) is 0 Å². The van der Waals surface area contributed by atoms with E-state index in [9.17, 15) is 4.79 Å². The maximum Gasteiger partial charge on any atom is 0.139 e. The molecule has 1 aliphatic rings. The number of nitrogens with zero attached hydrogens (tertiary/aromatic N) is 1. The number of ketones is 1. The zero-order chi connectivity index (χ0) is 12.3. The molecule has 0 amide bonds. The van der Waals surface area contributed by atoms with Crippen molar-refractivity contribution < 1.29 is 4.79 Å². The van der Waals surface area contributed by atoms with Gasteiger partial charge in [-0.1, -0.05) is 30.3 Å². The third-order valence-corrected chi connectivity index (χ3v) is 3.07. The van der Waals surface area contributed by atoms with Gasteiger partial charge in [0, 0.05) is 24.6 Å². The summed E-state index contributed by atoms with van der Waals surface area (Å²) in [6.07, 6.45) is 2.16. The molecule has 2 rings (SSSR count). The minimum Gasteiger partial charge on any atom is -0.299 e. The lowest BCUT2D eigenvalue weighted by Crippen LogP contribution is -2.22. The van der Waals surface area contributed by atoms with Gasteiger partial charge in [0.1, 0.15) is 5.78 Å². The van der Waals surface area contributed by atoms with E-state index >= 15 is 0 Å². The van der Waals surface area contributed by atoms with Crippen molar-refractivity contribution in [3.05, 3.63) is 35.9 Å². The first-order chi connectivity index (χ1) is 8.15. The van der Waals surface area contributed by atoms with E-state index in [1.807, 2.05) is 18.2 Å². The molecule has 0 N–H and O–H groups in total. The van der Waals surface area contributed by atoms with Crippen molar-refractivity contribution in [1.82, 2.24) is 0 Å². The first kappa shape index (κ1) is 12.0. The van der Waals surface area contributed by atoms with Crippen LogP contribution in [0.3, 0.4) is 0 Å². The second kappa shape index (κ2) is 5.26. The van der Waals surface area contributed by atoms with E-state index in [2.05, 4.69) is 31.0 Å². The Bertz CT molecular complexity index is 420. The van der Waals surface area contributed by atoms with Crippen molar-refractivity contribution >= 4 is 11.5 Å². The van der Waals surface area contributed by atoms with Gasteiger partial charge < -0.3 is 0 Å². The highest BCUT2D eigenvalue weighted by Crippen LogP contribution is 2.29. The van der Waals surface area contributed by atoms with Crippen LogP contribution in [-0.2, 0) is 4.79 Å². The fourth-order valence-corrected chi connectivity index (χ4v) is 2.43. The topological polar surface area (TPSA) is 29.4 Å². The van der Waals surface area contributed by atoms with Crippen LogP contribution >= 0.6 is 0 Å².